The minimum atomic E-state index is -0.703. The van der Waals surface area contributed by atoms with Crippen LogP contribution in [0.1, 0.15) is 18.0 Å². The number of nitrogens with zero attached hydrogens (tertiary/aromatic N) is 2. The summed E-state index contributed by atoms with van der Waals surface area (Å²) in [7, 11) is 1.83. The quantitative estimate of drug-likeness (QED) is 0.700. The number of aliphatic carboxylic acids is 1. The van der Waals surface area contributed by atoms with Gasteiger partial charge in [-0.15, -0.1) is 0 Å². The number of hydrogen-bond acceptors (Lipinski definition) is 2. The normalized spacial score (nSPS) is 27.1. The van der Waals surface area contributed by atoms with Crippen LogP contribution in [0.2, 0.25) is 0 Å². The lowest BCUT2D eigenvalue weighted by molar-refractivity contribution is -0.138. The molecule has 0 spiro atoms. The molecule has 1 aliphatic carbocycles. The van der Waals surface area contributed by atoms with Crippen molar-refractivity contribution >= 4 is 5.97 Å². The van der Waals surface area contributed by atoms with E-state index in [-0.39, 0.29) is 11.8 Å². The van der Waals surface area contributed by atoms with Crippen LogP contribution in [0.5, 0.6) is 0 Å². The highest BCUT2D eigenvalue weighted by Gasteiger charge is 2.45. The van der Waals surface area contributed by atoms with Gasteiger partial charge in [0.1, 0.15) is 0 Å². The first kappa shape index (κ1) is 7.34. The Bertz CT molecular complexity index is 319. The monoisotopic (exact) mass is 166 g/mol. The van der Waals surface area contributed by atoms with E-state index in [1.54, 1.807) is 4.68 Å². The van der Waals surface area contributed by atoms with Crippen molar-refractivity contribution in [3.8, 4) is 0 Å². The Hall–Kier alpha value is -1.32. The molecule has 0 amide bonds. The molecule has 12 heavy (non-hydrogen) atoms. The topological polar surface area (TPSA) is 55.1 Å². The number of carbonyl (C=O) groups is 1. The molecule has 4 nitrogen and oxygen atoms in total. The first-order valence-corrected chi connectivity index (χ1v) is 3.91. The van der Waals surface area contributed by atoms with Gasteiger partial charge < -0.3 is 5.11 Å². The van der Waals surface area contributed by atoms with Crippen LogP contribution in [0.3, 0.4) is 0 Å². The van der Waals surface area contributed by atoms with Crippen LogP contribution in [0.25, 0.3) is 0 Å². The standard InChI is InChI=1S/C8H10N2O2/c1-10-3-2-7(9-10)5-4-6(5)8(11)12/h2-3,5-6H,4H2,1H3,(H,11,12)/t5-,6+/m0/s1. The lowest BCUT2D eigenvalue weighted by Gasteiger charge is -1.89. The van der Waals surface area contributed by atoms with E-state index in [2.05, 4.69) is 5.10 Å². The Kier molecular flexibility index (Phi) is 1.43. The zero-order valence-corrected chi connectivity index (χ0v) is 6.77. The molecule has 0 aliphatic heterocycles. The Morgan fingerprint density at radius 3 is 3.00 bits per heavy atom. The van der Waals surface area contributed by atoms with E-state index in [9.17, 15) is 4.79 Å². The molecular formula is C8H10N2O2. The molecule has 2 rings (SSSR count). The molecule has 2 atom stereocenters. The van der Waals surface area contributed by atoms with Crippen LogP contribution >= 0.6 is 0 Å². The van der Waals surface area contributed by atoms with Crippen LogP contribution in [0.15, 0.2) is 12.3 Å². The second-order valence-electron chi connectivity index (χ2n) is 3.20. The number of hydrogen-bond donors (Lipinski definition) is 1. The molecule has 1 N–H and O–H groups in total. The Morgan fingerprint density at radius 2 is 2.58 bits per heavy atom. The second-order valence-corrected chi connectivity index (χ2v) is 3.20. The summed E-state index contributed by atoms with van der Waals surface area (Å²) in [6.45, 7) is 0. The summed E-state index contributed by atoms with van der Waals surface area (Å²) in [4.78, 5) is 10.5. The maximum Gasteiger partial charge on any atom is 0.307 e. The largest absolute Gasteiger partial charge is 0.481 e. The van der Waals surface area contributed by atoms with Crippen LogP contribution in [-0.2, 0) is 11.8 Å². The van der Waals surface area contributed by atoms with Gasteiger partial charge in [-0.2, -0.15) is 5.10 Å². The molecule has 0 saturated heterocycles. The summed E-state index contributed by atoms with van der Waals surface area (Å²) >= 11 is 0. The fraction of sp³-hybridized carbons (Fsp3) is 0.500. The molecule has 64 valence electrons. The third-order valence-electron chi connectivity index (χ3n) is 2.22. The van der Waals surface area contributed by atoms with Gasteiger partial charge in [0.2, 0.25) is 0 Å². The van der Waals surface area contributed by atoms with E-state index in [0.29, 0.717) is 0 Å². The first-order chi connectivity index (χ1) is 5.68. The number of rotatable bonds is 2. The third-order valence-corrected chi connectivity index (χ3v) is 2.22. The summed E-state index contributed by atoms with van der Waals surface area (Å²) in [6, 6.07) is 1.88. The molecule has 0 radical (unpaired) electrons. The van der Waals surface area contributed by atoms with Crippen LogP contribution in [0.4, 0.5) is 0 Å². The predicted molar refractivity (Wildman–Crippen MR) is 41.7 cm³/mol. The highest BCUT2D eigenvalue weighted by Crippen LogP contribution is 2.46. The van der Waals surface area contributed by atoms with Crippen LogP contribution in [0, 0.1) is 5.92 Å². The van der Waals surface area contributed by atoms with Gasteiger partial charge >= 0.3 is 5.97 Å². The molecule has 1 fully saturated rings. The highest BCUT2D eigenvalue weighted by atomic mass is 16.4. The molecule has 1 aliphatic rings. The van der Waals surface area contributed by atoms with Crippen LogP contribution < -0.4 is 0 Å². The number of aryl methyl sites for hydroxylation is 1. The van der Waals surface area contributed by atoms with Crippen molar-refractivity contribution in [2.24, 2.45) is 13.0 Å². The van der Waals surface area contributed by atoms with E-state index >= 15 is 0 Å². The minimum absolute atomic E-state index is 0.156. The summed E-state index contributed by atoms with van der Waals surface area (Å²) in [6.07, 6.45) is 2.58. The maximum absolute atomic E-state index is 10.5. The summed E-state index contributed by atoms with van der Waals surface area (Å²) in [5.74, 6) is -0.741. The average molecular weight is 166 g/mol. The molecule has 0 aromatic carbocycles. The van der Waals surface area contributed by atoms with Crippen molar-refractivity contribution in [1.29, 1.82) is 0 Å². The van der Waals surface area contributed by atoms with E-state index in [4.69, 9.17) is 5.11 Å². The van der Waals surface area contributed by atoms with Gasteiger partial charge in [-0.05, 0) is 12.5 Å². The second kappa shape index (κ2) is 2.33. The Morgan fingerprint density at radius 1 is 1.83 bits per heavy atom. The SMILES string of the molecule is Cn1ccc([C@H]2C[C@H]2C(=O)O)n1. The average Bonchev–Trinajstić information content (AvgIpc) is 2.70. The fourth-order valence-electron chi connectivity index (χ4n) is 1.43. The molecule has 0 bridgehead atoms. The number of aromatic nitrogens is 2. The Labute approximate surface area is 69.8 Å². The number of carboxylic acids is 1. The first-order valence-electron chi connectivity index (χ1n) is 3.91. The molecule has 4 heteroatoms. The van der Waals surface area contributed by atoms with Gasteiger partial charge in [0.05, 0.1) is 11.6 Å². The van der Waals surface area contributed by atoms with E-state index in [1.807, 2.05) is 19.3 Å². The minimum Gasteiger partial charge on any atom is -0.481 e. The summed E-state index contributed by atoms with van der Waals surface area (Å²) < 4.78 is 1.70. The number of carboxylic acid groups (broad SMARTS) is 1. The van der Waals surface area contributed by atoms with Gasteiger partial charge in [-0.25, -0.2) is 0 Å². The van der Waals surface area contributed by atoms with Gasteiger partial charge in [0.25, 0.3) is 0 Å². The molecular weight excluding hydrogens is 156 g/mol. The smallest absolute Gasteiger partial charge is 0.307 e. The van der Waals surface area contributed by atoms with Crippen molar-refractivity contribution in [2.75, 3.05) is 0 Å². The van der Waals surface area contributed by atoms with Crippen LogP contribution in [-0.4, -0.2) is 20.9 Å². The van der Waals surface area contributed by atoms with Crippen molar-refractivity contribution in [3.63, 3.8) is 0 Å². The molecule has 1 heterocycles. The van der Waals surface area contributed by atoms with Gasteiger partial charge in [-0.3, -0.25) is 9.48 Å². The summed E-state index contributed by atoms with van der Waals surface area (Å²) in [5.41, 5.74) is 0.907. The van der Waals surface area contributed by atoms with Gasteiger partial charge in [0, 0.05) is 19.2 Å². The molecule has 0 unspecified atom stereocenters. The zero-order valence-electron chi connectivity index (χ0n) is 6.77. The van der Waals surface area contributed by atoms with Gasteiger partial charge in [0.15, 0.2) is 0 Å². The fourth-order valence-corrected chi connectivity index (χ4v) is 1.43. The molecule has 1 aromatic heterocycles. The predicted octanol–water partition coefficient (Wildman–Crippen LogP) is 0.608. The molecule has 1 aromatic rings. The van der Waals surface area contributed by atoms with E-state index in [0.717, 1.165) is 12.1 Å². The molecule has 1 saturated carbocycles. The lowest BCUT2D eigenvalue weighted by Crippen LogP contribution is -1.99. The lowest BCUT2D eigenvalue weighted by atomic mass is 10.2. The van der Waals surface area contributed by atoms with Crippen molar-refractivity contribution < 1.29 is 9.90 Å². The van der Waals surface area contributed by atoms with Crippen molar-refractivity contribution in [1.82, 2.24) is 9.78 Å². The summed E-state index contributed by atoms with van der Waals surface area (Å²) in [5, 5.41) is 12.8. The van der Waals surface area contributed by atoms with Gasteiger partial charge in [-0.1, -0.05) is 0 Å². The van der Waals surface area contributed by atoms with Crippen molar-refractivity contribution in [2.45, 2.75) is 12.3 Å². The zero-order chi connectivity index (χ0) is 8.72. The highest BCUT2D eigenvalue weighted by molar-refractivity contribution is 5.74. The van der Waals surface area contributed by atoms with E-state index < -0.39 is 5.97 Å². The van der Waals surface area contributed by atoms with E-state index in [1.165, 1.54) is 0 Å². The van der Waals surface area contributed by atoms with Crippen molar-refractivity contribution in [3.05, 3.63) is 18.0 Å². The Balaban J connectivity index is 2.10. The third kappa shape index (κ3) is 1.09. The maximum atomic E-state index is 10.5.